The van der Waals surface area contributed by atoms with Gasteiger partial charge in [-0.25, -0.2) is 0 Å². The third-order valence-electron chi connectivity index (χ3n) is 3.27. The zero-order chi connectivity index (χ0) is 22.6. The average Bonchev–Trinajstić information content (AvgIpc) is 2.53. The topological polar surface area (TPSA) is 93.1 Å². The molecule has 0 aliphatic rings. The molecule has 0 heterocycles. The van der Waals surface area contributed by atoms with E-state index in [1.54, 1.807) is 0 Å². The van der Waals surface area contributed by atoms with Crippen LogP contribution in [0.25, 0.3) is 0 Å². The molecule has 0 bridgehead atoms. The molecule has 2 N–H and O–H groups in total. The first-order valence-corrected chi connectivity index (χ1v) is 9.86. The Hall–Kier alpha value is 1.13. The Morgan fingerprint density at radius 3 is 1.39 bits per heavy atom. The Morgan fingerprint density at radius 2 is 1.13 bits per heavy atom. The van der Waals surface area contributed by atoms with E-state index in [-0.39, 0.29) is 103 Å². The Bertz CT molecular complexity index is 377. The summed E-state index contributed by atoms with van der Waals surface area (Å²) in [7, 11) is 0. The molecule has 0 aliphatic heterocycles. The molecule has 0 amide bonds. The summed E-state index contributed by atoms with van der Waals surface area (Å²) in [6.07, 6.45) is 3.43. The van der Waals surface area contributed by atoms with Gasteiger partial charge in [-0.05, 0) is 42.3 Å². The summed E-state index contributed by atoms with van der Waals surface area (Å²) in [5.41, 5.74) is 0.155. The number of hydrogen-bond donors (Lipinski definition) is 2. The third-order valence-corrected chi connectivity index (χ3v) is 3.27. The predicted molar refractivity (Wildman–Crippen MR) is 121 cm³/mol. The van der Waals surface area contributed by atoms with Crippen molar-refractivity contribution in [3.63, 3.8) is 0 Å². The maximum absolute atomic E-state index is 10.4. The van der Waals surface area contributed by atoms with Crippen molar-refractivity contribution < 1.29 is 94.7 Å². The Kier molecular flexibility index (Phi) is 42.9. The number of carbonyl (C=O) groups excluding carboxylic acids is 2. The normalized spacial score (nSPS) is 9.94. The van der Waals surface area contributed by atoms with Gasteiger partial charge < -0.3 is 43.1 Å². The van der Waals surface area contributed by atoms with Crippen LogP contribution in [0.3, 0.4) is 0 Å². The smallest absolute Gasteiger partial charge is 0.0697 e. The van der Waals surface area contributed by atoms with Crippen LogP contribution < -0.4 is 0 Å². The average molecular weight is 598 g/mol. The van der Waals surface area contributed by atoms with E-state index in [1.807, 2.05) is 20.8 Å². The summed E-state index contributed by atoms with van der Waals surface area (Å²) in [5, 5.41) is 16.7. The van der Waals surface area contributed by atoms with Crippen molar-refractivity contribution in [1.29, 1.82) is 0 Å². The Labute approximate surface area is 243 Å². The van der Waals surface area contributed by atoms with Crippen molar-refractivity contribution in [2.75, 3.05) is 39.6 Å². The summed E-state index contributed by atoms with van der Waals surface area (Å²) in [5.74, 6) is -0.0694. The van der Waals surface area contributed by atoms with Crippen LogP contribution in [-0.2, 0) is 84.5 Å². The van der Waals surface area contributed by atoms with Gasteiger partial charge in [0, 0.05) is 84.4 Å². The summed E-state index contributed by atoms with van der Waals surface area (Å²) < 4.78 is 10.0. The number of carbonyl (C=O) groups is 2. The Balaban J connectivity index is -0.0000000737. The van der Waals surface area contributed by atoms with Crippen molar-refractivity contribution in [3.8, 4) is 0 Å². The number of aliphatic hydroxyl groups is 2. The molecule has 8 heteroatoms. The van der Waals surface area contributed by atoms with E-state index in [4.69, 9.17) is 19.7 Å². The summed E-state index contributed by atoms with van der Waals surface area (Å²) in [6.45, 7) is 21.0. The number of Topliss-reactive ketones (excluding diaryl/α,β-unsaturated/α-hetero) is 2. The van der Waals surface area contributed by atoms with Crippen LogP contribution in [0.15, 0.2) is 0 Å². The van der Waals surface area contributed by atoms with E-state index in [1.165, 1.54) is 6.42 Å². The third kappa shape index (κ3) is 53.9. The molecule has 0 rings (SSSR count). The fourth-order valence-corrected chi connectivity index (χ4v) is 1.41. The minimum atomic E-state index is -0.250. The van der Waals surface area contributed by atoms with Gasteiger partial charge in [-0.15, -0.1) is 0 Å². The van der Waals surface area contributed by atoms with Gasteiger partial charge >= 0.3 is 0 Å². The second-order valence-corrected chi connectivity index (χ2v) is 8.65. The minimum absolute atomic E-state index is 0. The standard InChI is InChI=1S/C9H20O2.C7H13O3.C6H11O.CH4.2Y/c1-9(2,3)5-4-7-11-8-6-10;1-7(9)3-2-5-10-6-4-8;1-5(7)6(2,3)4;;;/h10H,4-8H2,1-3H3;8H,1-6H2;1H2,2-4H3;1H4;;/q;2*-1;;;. The fraction of sp³-hybridized carbons (Fsp3) is 0.826. The first-order chi connectivity index (χ1) is 12.8. The molecule has 0 aromatic rings. The van der Waals surface area contributed by atoms with E-state index in [9.17, 15) is 9.59 Å². The molecule has 0 spiro atoms. The summed E-state index contributed by atoms with van der Waals surface area (Å²) >= 11 is 0. The minimum Gasteiger partial charge on any atom is -0.394 e. The number of rotatable bonds is 11. The summed E-state index contributed by atoms with van der Waals surface area (Å²) in [4.78, 5) is 20.6. The molecule has 0 saturated heterocycles. The van der Waals surface area contributed by atoms with Crippen LogP contribution in [0.1, 0.15) is 74.7 Å². The molecule has 0 aromatic carbocycles. The van der Waals surface area contributed by atoms with Crippen LogP contribution in [0.5, 0.6) is 0 Å². The van der Waals surface area contributed by atoms with Gasteiger partial charge in [0.05, 0.1) is 26.4 Å². The van der Waals surface area contributed by atoms with Gasteiger partial charge in [0.15, 0.2) is 0 Å². The van der Waals surface area contributed by atoms with E-state index < -0.39 is 0 Å². The molecular weight excluding hydrogens is 550 g/mol. The van der Waals surface area contributed by atoms with Gasteiger partial charge in [-0.1, -0.05) is 49.0 Å². The second kappa shape index (κ2) is 29.2. The van der Waals surface area contributed by atoms with Gasteiger partial charge in [0.1, 0.15) is 0 Å². The van der Waals surface area contributed by atoms with E-state index in [0.29, 0.717) is 38.1 Å². The fourth-order valence-electron chi connectivity index (χ4n) is 1.41. The van der Waals surface area contributed by atoms with Gasteiger partial charge in [-0.2, -0.15) is 0 Å². The van der Waals surface area contributed by atoms with Crippen LogP contribution in [0.2, 0.25) is 0 Å². The molecule has 184 valence electrons. The maximum Gasteiger partial charge on any atom is 0.0697 e. The maximum atomic E-state index is 10.4. The van der Waals surface area contributed by atoms with Crippen molar-refractivity contribution in [2.24, 2.45) is 10.8 Å². The molecular formula is C23H48O6Y2-2. The zero-order valence-corrected chi connectivity index (χ0v) is 25.8. The van der Waals surface area contributed by atoms with E-state index >= 15 is 0 Å². The molecule has 0 atom stereocenters. The van der Waals surface area contributed by atoms with Crippen molar-refractivity contribution >= 4 is 11.6 Å². The number of ether oxygens (including phenoxy) is 2. The molecule has 0 fully saturated rings. The number of aliphatic hydroxyl groups excluding tert-OH is 2. The Morgan fingerprint density at radius 1 is 0.774 bits per heavy atom. The molecule has 0 saturated carbocycles. The summed E-state index contributed by atoms with van der Waals surface area (Å²) in [6, 6.07) is 0. The number of ketones is 2. The number of hydrogen-bond acceptors (Lipinski definition) is 6. The van der Waals surface area contributed by atoms with Gasteiger partial charge in [0.25, 0.3) is 0 Å². The van der Waals surface area contributed by atoms with E-state index in [0.717, 1.165) is 13.0 Å². The first kappa shape index (κ1) is 45.6. The van der Waals surface area contributed by atoms with Crippen molar-refractivity contribution in [2.45, 2.75) is 74.7 Å². The molecule has 2 radical (unpaired) electrons. The molecule has 31 heavy (non-hydrogen) atoms. The van der Waals surface area contributed by atoms with Crippen molar-refractivity contribution in [3.05, 3.63) is 13.8 Å². The van der Waals surface area contributed by atoms with E-state index in [2.05, 4.69) is 34.6 Å². The quantitative estimate of drug-likeness (QED) is 0.275. The predicted octanol–water partition coefficient (Wildman–Crippen LogP) is 4.07. The molecule has 0 aromatic heterocycles. The van der Waals surface area contributed by atoms with Crippen LogP contribution in [-0.4, -0.2) is 61.4 Å². The van der Waals surface area contributed by atoms with Crippen LogP contribution in [0, 0.1) is 24.7 Å². The largest absolute Gasteiger partial charge is 0.394 e. The monoisotopic (exact) mass is 598 g/mol. The molecule has 0 aliphatic carbocycles. The SMILES string of the molecule is C.CC(C)(C)CCCOCCO.[CH2-]C(=O)C(C)(C)C.[CH2-]C(=O)CCCOCCO.[Y].[Y]. The molecule has 6 nitrogen and oxygen atoms in total. The zero-order valence-electron chi connectivity index (χ0n) is 20.2. The van der Waals surface area contributed by atoms with Gasteiger partial charge in [-0.3, -0.25) is 0 Å². The van der Waals surface area contributed by atoms with Crippen LogP contribution in [0.4, 0.5) is 0 Å². The van der Waals surface area contributed by atoms with Crippen LogP contribution >= 0.6 is 0 Å². The van der Waals surface area contributed by atoms with Gasteiger partial charge in [0.2, 0.25) is 0 Å². The second-order valence-electron chi connectivity index (χ2n) is 8.65. The first-order valence-electron chi connectivity index (χ1n) is 9.86. The molecule has 0 unspecified atom stereocenters. The van der Waals surface area contributed by atoms with Crippen molar-refractivity contribution in [1.82, 2.24) is 0 Å².